The second kappa shape index (κ2) is 7.65. The van der Waals surface area contributed by atoms with E-state index in [9.17, 15) is 9.59 Å². The lowest BCUT2D eigenvalue weighted by Crippen LogP contribution is -2.30. The molecule has 1 unspecified atom stereocenters. The minimum Gasteiger partial charge on any atom is -0.393 e. The van der Waals surface area contributed by atoms with Crippen molar-refractivity contribution in [3.8, 4) is 0 Å². The molecular formula is C15H22N2O3. The Hall–Kier alpha value is -1.88. The third-order valence-electron chi connectivity index (χ3n) is 2.62. The molecule has 3 N–H and O–H groups in total. The first-order valence-corrected chi connectivity index (χ1v) is 6.77. The molecule has 1 aromatic carbocycles. The highest BCUT2D eigenvalue weighted by atomic mass is 16.3. The van der Waals surface area contributed by atoms with Crippen LogP contribution in [0.1, 0.15) is 44.0 Å². The minimum absolute atomic E-state index is 0.0618. The van der Waals surface area contributed by atoms with Crippen LogP contribution in [0.15, 0.2) is 24.3 Å². The standard InChI is InChI=1S/C15H22N2O3/c1-10(2)16-15(20)12-5-4-6-13(9-12)17-14(19)8-7-11(3)18/h4-6,9-11,18H,7-8H2,1-3H3,(H,16,20)(H,17,19). The van der Waals surface area contributed by atoms with Gasteiger partial charge in [-0.05, 0) is 45.4 Å². The Morgan fingerprint density at radius 3 is 2.55 bits per heavy atom. The number of amides is 2. The van der Waals surface area contributed by atoms with Crippen LogP contribution in [0.4, 0.5) is 5.69 Å². The highest BCUT2D eigenvalue weighted by Crippen LogP contribution is 2.12. The molecule has 1 atom stereocenters. The molecule has 0 saturated heterocycles. The van der Waals surface area contributed by atoms with Gasteiger partial charge in [-0.25, -0.2) is 0 Å². The summed E-state index contributed by atoms with van der Waals surface area (Å²) in [5.41, 5.74) is 1.09. The molecule has 0 bridgehead atoms. The Balaban J connectivity index is 2.64. The SMILES string of the molecule is CC(O)CCC(=O)Nc1cccc(C(=O)NC(C)C)c1. The van der Waals surface area contributed by atoms with E-state index in [2.05, 4.69) is 10.6 Å². The molecule has 0 spiro atoms. The molecule has 110 valence electrons. The van der Waals surface area contributed by atoms with Gasteiger partial charge in [0, 0.05) is 23.7 Å². The molecule has 0 aromatic heterocycles. The molecule has 0 fully saturated rings. The van der Waals surface area contributed by atoms with Crippen molar-refractivity contribution in [2.24, 2.45) is 0 Å². The van der Waals surface area contributed by atoms with Gasteiger partial charge in [-0.1, -0.05) is 6.07 Å². The molecule has 2 amide bonds. The van der Waals surface area contributed by atoms with Crippen LogP contribution in [0.25, 0.3) is 0 Å². The second-order valence-corrected chi connectivity index (χ2v) is 5.14. The van der Waals surface area contributed by atoms with E-state index in [0.29, 0.717) is 17.7 Å². The Labute approximate surface area is 119 Å². The van der Waals surface area contributed by atoms with Gasteiger partial charge in [-0.3, -0.25) is 9.59 Å². The summed E-state index contributed by atoms with van der Waals surface area (Å²) in [6.07, 6.45) is 0.170. The van der Waals surface area contributed by atoms with E-state index in [1.807, 2.05) is 13.8 Å². The van der Waals surface area contributed by atoms with Crippen LogP contribution in [-0.4, -0.2) is 29.1 Å². The normalized spacial score (nSPS) is 12.1. The van der Waals surface area contributed by atoms with Gasteiger partial charge in [0.1, 0.15) is 0 Å². The van der Waals surface area contributed by atoms with Crippen LogP contribution in [-0.2, 0) is 4.79 Å². The zero-order chi connectivity index (χ0) is 15.1. The fraction of sp³-hybridized carbons (Fsp3) is 0.467. The van der Waals surface area contributed by atoms with Gasteiger partial charge >= 0.3 is 0 Å². The number of aliphatic hydroxyl groups is 1. The first-order valence-electron chi connectivity index (χ1n) is 6.77. The van der Waals surface area contributed by atoms with E-state index < -0.39 is 6.10 Å². The molecule has 0 aliphatic heterocycles. The summed E-state index contributed by atoms with van der Waals surface area (Å²) in [7, 11) is 0. The average molecular weight is 278 g/mol. The maximum Gasteiger partial charge on any atom is 0.251 e. The molecule has 0 heterocycles. The van der Waals surface area contributed by atoms with Crippen molar-refractivity contribution in [1.82, 2.24) is 5.32 Å². The predicted octanol–water partition coefficient (Wildman–Crippen LogP) is 1.92. The number of aliphatic hydroxyl groups excluding tert-OH is 1. The third kappa shape index (κ3) is 5.84. The van der Waals surface area contributed by atoms with Gasteiger partial charge < -0.3 is 15.7 Å². The largest absolute Gasteiger partial charge is 0.393 e. The van der Waals surface area contributed by atoms with Crippen molar-refractivity contribution in [2.75, 3.05) is 5.32 Å². The molecule has 5 heteroatoms. The monoisotopic (exact) mass is 278 g/mol. The van der Waals surface area contributed by atoms with Crippen molar-refractivity contribution in [1.29, 1.82) is 0 Å². The van der Waals surface area contributed by atoms with Gasteiger partial charge in [0.15, 0.2) is 0 Å². The summed E-state index contributed by atoms with van der Waals surface area (Å²) in [6, 6.07) is 6.85. The molecule has 0 aliphatic carbocycles. The number of benzene rings is 1. The van der Waals surface area contributed by atoms with Crippen molar-refractivity contribution in [3.63, 3.8) is 0 Å². The summed E-state index contributed by atoms with van der Waals surface area (Å²) in [4.78, 5) is 23.5. The minimum atomic E-state index is -0.496. The lowest BCUT2D eigenvalue weighted by molar-refractivity contribution is -0.116. The number of hydrogen-bond donors (Lipinski definition) is 3. The highest BCUT2D eigenvalue weighted by molar-refractivity contribution is 5.97. The predicted molar refractivity (Wildman–Crippen MR) is 78.6 cm³/mol. The van der Waals surface area contributed by atoms with E-state index in [0.717, 1.165) is 0 Å². The van der Waals surface area contributed by atoms with Crippen LogP contribution in [0.5, 0.6) is 0 Å². The van der Waals surface area contributed by atoms with Crippen LogP contribution in [0.3, 0.4) is 0 Å². The van der Waals surface area contributed by atoms with Crippen molar-refractivity contribution in [3.05, 3.63) is 29.8 Å². The number of hydrogen-bond acceptors (Lipinski definition) is 3. The Kier molecular flexibility index (Phi) is 6.18. The van der Waals surface area contributed by atoms with Crippen molar-refractivity contribution < 1.29 is 14.7 Å². The molecule has 1 aromatic rings. The number of nitrogens with one attached hydrogen (secondary N) is 2. The number of anilines is 1. The van der Waals surface area contributed by atoms with E-state index >= 15 is 0 Å². The highest BCUT2D eigenvalue weighted by Gasteiger charge is 2.09. The quantitative estimate of drug-likeness (QED) is 0.744. The van der Waals surface area contributed by atoms with Gasteiger partial charge in [-0.15, -0.1) is 0 Å². The summed E-state index contributed by atoms with van der Waals surface area (Å²) >= 11 is 0. The number of rotatable bonds is 6. The Morgan fingerprint density at radius 2 is 1.95 bits per heavy atom. The molecule has 0 saturated carbocycles. The zero-order valence-corrected chi connectivity index (χ0v) is 12.1. The summed E-state index contributed by atoms with van der Waals surface area (Å²) < 4.78 is 0. The summed E-state index contributed by atoms with van der Waals surface area (Å²) in [5.74, 6) is -0.340. The van der Waals surface area contributed by atoms with E-state index in [4.69, 9.17) is 5.11 Å². The number of carbonyl (C=O) groups excluding carboxylic acids is 2. The van der Waals surface area contributed by atoms with Crippen molar-refractivity contribution in [2.45, 2.75) is 45.8 Å². The van der Waals surface area contributed by atoms with Gasteiger partial charge in [-0.2, -0.15) is 0 Å². The van der Waals surface area contributed by atoms with Crippen LogP contribution < -0.4 is 10.6 Å². The molecule has 0 radical (unpaired) electrons. The Bertz CT molecular complexity index is 470. The zero-order valence-electron chi connectivity index (χ0n) is 12.1. The average Bonchev–Trinajstić information content (AvgIpc) is 2.36. The smallest absolute Gasteiger partial charge is 0.251 e. The van der Waals surface area contributed by atoms with Crippen molar-refractivity contribution >= 4 is 17.5 Å². The third-order valence-corrected chi connectivity index (χ3v) is 2.62. The lowest BCUT2D eigenvalue weighted by atomic mass is 10.1. The fourth-order valence-electron chi connectivity index (χ4n) is 1.65. The lowest BCUT2D eigenvalue weighted by Gasteiger charge is -2.10. The number of carbonyl (C=O) groups is 2. The second-order valence-electron chi connectivity index (χ2n) is 5.14. The Morgan fingerprint density at radius 1 is 1.25 bits per heavy atom. The first kappa shape index (κ1) is 16.2. The van der Waals surface area contributed by atoms with E-state index in [-0.39, 0.29) is 24.3 Å². The molecule has 1 rings (SSSR count). The maximum absolute atomic E-state index is 11.9. The topological polar surface area (TPSA) is 78.4 Å². The molecular weight excluding hydrogens is 256 g/mol. The fourth-order valence-corrected chi connectivity index (χ4v) is 1.65. The van der Waals surface area contributed by atoms with Crippen LogP contribution >= 0.6 is 0 Å². The van der Waals surface area contributed by atoms with Crippen LogP contribution in [0, 0.1) is 0 Å². The van der Waals surface area contributed by atoms with Crippen LogP contribution in [0.2, 0.25) is 0 Å². The first-order chi connectivity index (χ1) is 9.38. The summed E-state index contributed by atoms with van der Waals surface area (Å²) in [6.45, 7) is 5.42. The summed E-state index contributed by atoms with van der Waals surface area (Å²) in [5, 5.41) is 14.6. The van der Waals surface area contributed by atoms with E-state index in [1.54, 1.807) is 31.2 Å². The van der Waals surface area contributed by atoms with E-state index in [1.165, 1.54) is 0 Å². The van der Waals surface area contributed by atoms with Gasteiger partial charge in [0.2, 0.25) is 5.91 Å². The molecule has 20 heavy (non-hydrogen) atoms. The molecule has 5 nitrogen and oxygen atoms in total. The van der Waals surface area contributed by atoms with Gasteiger partial charge in [0.05, 0.1) is 6.10 Å². The maximum atomic E-state index is 11.9. The molecule has 0 aliphatic rings. The van der Waals surface area contributed by atoms with Gasteiger partial charge in [0.25, 0.3) is 5.91 Å².